The number of aromatic nitrogens is 2. The summed E-state index contributed by atoms with van der Waals surface area (Å²) in [7, 11) is -0.792. The van der Waals surface area contributed by atoms with Crippen molar-refractivity contribution in [2.75, 3.05) is 19.4 Å². The molecule has 9 nitrogen and oxygen atoms in total. The molecule has 0 spiro atoms. The summed E-state index contributed by atoms with van der Waals surface area (Å²) in [6, 6.07) is 6.04. The Hall–Kier alpha value is -2.72. The van der Waals surface area contributed by atoms with Crippen LogP contribution in [0.4, 0.5) is 5.69 Å². The molecule has 0 bridgehead atoms. The minimum atomic E-state index is -3.64. The number of carbonyl (C=O) groups excluding carboxylic acids is 2. The van der Waals surface area contributed by atoms with Crippen LogP contribution in [-0.2, 0) is 26.0 Å². The molecule has 1 atom stereocenters. The first kappa shape index (κ1) is 22.6. The van der Waals surface area contributed by atoms with Gasteiger partial charge in [0.15, 0.2) is 11.8 Å². The van der Waals surface area contributed by atoms with Gasteiger partial charge in [-0.3, -0.25) is 9.89 Å². The third-order valence-corrected chi connectivity index (χ3v) is 6.07. The lowest BCUT2D eigenvalue weighted by Crippen LogP contribution is -2.30. The number of rotatable bonds is 8. The van der Waals surface area contributed by atoms with Gasteiger partial charge in [-0.1, -0.05) is 19.4 Å². The summed E-state index contributed by atoms with van der Waals surface area (Å²) in [5.41, 5.74) is 1.91. The lowest BCUT2D eigenvalue weighted by Gasteiger charge is -2.16. The van der Waals surface area contributed by atoms with Gasteiger partial charge in [0, 0.05) is 25.5 Å². The molecule has 10 heteroatoms. The predicted octanol–water partition coefficient (Wildman–Crippen LogP) is 2.10. The van der Waals surface area contributed by atoms with Gasteiger partial charge in [0.1, 0.15) is 0 Å². The highest BCUT2D eigenvalue weighted by Crippen LogP contribution is 2.22. The minimum Gasteiger partial charge on any atom is -0.448 e. The summed E-state index contributed by atoms with van der Waals surface area (Å²) < 4.78 is 30.9. The van der Waals surface area contributed by atoms with Crippen LogP contribution in [0.5, 0.6) is 0 Å². The average molecular weight is 423 g/mol. The van der Waals surface area contributed by atoms with Crippen molar-refractivity contribution in [2.45, 2.75) is 44.6 Å². The van der Waals surface area contributed by atoms with E-state index in [2.05, 4.69) is 15.5 Å². The maximum Gasteiger partial charge on any atom is 0.359 e. The number of amides is 1. The molecule has 0 fully saturated rings. The summed E-state index contributed by atoms with van der Waals surface area (Å²) in [6.07, 6.45) is 0.557. The Labute approximate surface area is 170 Å². The molecule has 0 saturated carbocycles. The highest BCUT2D eigenvalue weighted by molar-refractivity contribution is 7.89. The molecule has 29 heavy (non-hydrogen) atoms. The molecule has 1 heterocycles. The maximum atomic E-state index is 12.5. The topological polar surface area (TPSA) is 121 Å². The molecule has 2 aromatic rings. The van der Waals surface area contributed by atoms with E-state index < -0.39 is 28.0 Å². The van der Waals surface area contributed by atoms with E-state index in [0.29, 0.717) is 11.3 Å². The molecule has 0 aliphatic rings. The van der Waals surface area contributed by atoms with Gasteiger partial charge < -0.3 is 10.1 Å². The molecule has 1 amide bonds. The van der Waals surface area contributed by atoms with Crippen LogP contribution in [0.25, 0.3) is 0 Å². The molecule has 158 valence electrons. The van der Waals surface area contributed by atoms with Crippen LogP contribution in [0.2, 0.25) is 0 Å². The van der Waals surface area contributed by atoms with Crippen molar-refractivity contribution in [3.05, 3.63) is 41.2 Å². The normalized spacial score (nSPS) is 12.6. The Morgan fingerprint density at radius 2 is 1.97 bits per heavy atom. The predicted molar refractivity (Wildman–Crippen MR) is 108 cm³/mol. The molecule has 2 rings (SSSR count). The van der Waals surface area contributed by atoms with Crippen molar-refractivity contribution in [3.63, 3.8) is 0 Å². The van der Waals surface area contributed by atoms with Crippen molar-refractivity contribution in [1.29, 1.82) is 0 Å². The van der Waals surface area contributed by atoms with Crippen molar-refractivity contribution in [3.8, 4) is 0 Å². The number of nitrogens with zero attached hydrogens (tertiary/aromatic N) is 2. The van der Waals surface area contributed by atoms with Gasteiger partial charge in [0.2, 0.25) is 10.0 Å². The Morgan fingerprint density at radius 3 is 2.59 bits per heavy atom. The van der Waals surface area contributed by atoms with Crippen LogP contribution in [-0.4, -0.2) is 55.0 Å². The molecule has 0 aliphatic carbocycles. The molecule has 0 aliphatic heterocycles. The number of aromatic amines is 1. The first-order valence-corrected chi connectivity index (χ1v) is 10.6. The van der Waals surface area contributed by atoms with Crippen LogP contribution in [0.3, 0.4) is 0 Å². The zero-order chi connectivity index (χ0) is 21.8. The molecule has 1 aromatic carbocycles. The van der Waals surface area contributed by atoms with E-state index in [1.165, 1.54) is 33.2 Å². The van der Waals surface area contributed by atoms with Crippen LogP contribution in [0.1, 0.15) is 42.0 Å². The number of benzene rings is 1. The number of sulfonamides is 1. The molecular formula is C19H26N4O5S. The third-order valence-electron chi connectivity index (χ3n) is 4.26. The fraction of sp³-hybridized carbons (Fsp3) is 0.421. The molecule has 1 aromatic heterocycles. The maximum absolute atomic E-state index is 12.5. The largest absolute Gasteiger partial charge is 0.448 e. The standard InChI is InChI=1S/C19H26N4O5S/c1-6-7-14-10-17(22-21-14)19(25)28-13(3)18(24)20-16-11-15(9-8-12(16)2)29(26,27)23(4)5/h8-11,13H,6-7H2,1-5H3,(H,20,24)(H,21,22)/t13-/m0/s1. The lowest BCUT2D eigenvalue weighted by atomic mass is 10.2. The Bertz CT molecular complexity index is 998. The van der Waals surface area contributed by atoms with Crippen LogP contribution >= 0.6 is 0 Å². The molecule has 2 N–H and O–H groups in total. The highest BCUT2D eigenvalue weighted by Gasteiger charge is 2.23. The molecule has 0 unspecified atom stereocenters. The number of aryl methyl sites for hydroxylation is 2. The number of ether oxygens (including phenoxy) is 1. The van der Waals surface area contributed by atoms with Crippen LogP contribution in [0, 0.1) is 6.92 Å². The quantitative estimate of drug-likeness (QED) is 0.629. The number of anilines is 1. The zero-order valence-electron chi connectivity index (χ0n) is 17.1. The van der Waals surface area contributed by atoms with E-state index in [0.717, 1.165) is 22.8 Å². The van der Waals surface area contributed by atoms with Crippen molar-refractivity contribution in [1.82, 2.24) is 14.5 Å². The average Bonchev–Trinajstić information content (AvgIpc) is 3.12. The van der Waals surface area contributed by atoms with Gasteiger partial charge in [-0.25, -0.2) is 17.5 Å². The SMILES string of the molecule is CCCc1cc(C(=O)O[C@@H](C)C(=O)Nc2cc(S(=O)(=O)N(C)C)ccc2C)n[nH]1. The summed E-state index contributed by atoms with van der Waals surface area (Å²) >= 11 is 0. The second-order valence-electron chi connectivity index (χ2n) is 6.83. The summed E-state index contributed by atoms with van der Waals surface area (Å²) in [5.74, 6) is -1.29. The van der Waals surface area contributed by atoms with Crippen molar-refractivity contribution < 1.29 is 22.7 Å². The summed E-state index contributed by atoms with van der Waals surface area (Å²) in [4.78, 5) is 24.7. The van der Waals surface area contributed by atoms with Crippen LogP contribution < -0.4 is 5.32 Å². The highest BCUT2D eigenvalue weighted by atomic mass is 32.2. The van der Waals surface area contributed by atoms with Gasteiger partial charge in [-0.2, -0.15) is 5.10 Å². The Morgan fingerprint density at radius 1 is 1.28 bits per heavy atom. The molecule has 0 radical (unpaired) electrons. The number of esters is 1. The second-order valence-corrected chi connectivity index (χ2v) is 8.98. The smallest absolute Gasteiger partial charge is 0.359 e. The summed E-state index contributed by atoms with van der Waals surface area (Å²) in [5, 5.41) is 9.27. The number of hydrogen-bond acceptors (Lipinski definition) is 6. The molecule has 0 saturated heterocycles. The summed E-state index contributed by atoms with van der Waals surface area (Å²) in [6.45, 7) is 5.17. The van der Waals surface area contributed by atoms with E-state index >= 15 is 0 Å². The van der Waals surface area contributed by atoms with E-state index in [9.17, 15) is 18.0 Å². The number of H-pyrrole nitrogens is 1. The third kappa shape index (κ3) is 5.42. The lowest BCUT2D eigenvalue weighted by molar-refractivity contribution is -0.123. The van der Waals surface area contributed by atoms with E-state index in [1.807, 2.05) is 6.92 Å². The van der Waals surface area contributed by atoms with Crippen LogP contribution in [0.15, 0.2) is 29.2 Å². The zero-order valence-corrected chi connectivity index (χ0v) is 18.0. The first-order chi connectivity index (χ1) is 13.6. The van der Waals surface area contributed by atoms with E-state index in [-0.39, 0.29) is 10.6 Å². The van der Waals surface area contributed by atoms with Gasteiger partial charge in [0.25, 0.3) is 5.91 Å². The second kappa shape index (κ2) is 9.19. The Balaban J connectivity index is 2.10. The van der Waals surface area contributed by atoms with E-state index in [1.54, 1.807) is 19.1 Å². The van der Waals surface area contributed by atoms with Crippen molar-refractivity contribution in [2.24, 2.45) is 0 Å². The van der Waals surface area contributed by atoms with Crippen molar-refractivity contribution >= 4 is 27.6 Å². The Kier molecular flexibility index (Phi) is 7.15. The van der Waals surface area contributed by atoms with Gasteiger partial charge in [-0.05, 0) is 44.0 Å². The number of carbonyl (C=O) groups is 2. The molecular weight excluding hydrogens is 396 g/mol. The fourth-order valence-electron chi connectivity index (χ4n) is 2.48. The van der Waals surface area contributed by atoms with E-state index in [4.69, 9.17) is 4.74 Å². The number of hydrogen-bond donors (Lipinski definition) is 2. The van der Waals surface area contributed by atoms with Gasteiger partial charge in [0.05, 0.1) is 4.90 Å². The monoisotopic (exact) mass is 422 g/mol. The van der Waals surface area contributed by atoms with Gasteiger partial charge >= 0.3 is 5.97 Å². The van der Waals surface area contributed by atoms with Gasteiger partial charge in [-0.15, -0.1) is 0 Å². The fourth-order valence-corrected chi connectivity index (χ4v) is 3.41. The first-order valence-electron chi connectivity index (χ1n) is 9.15. The minimum absolute atomic E-state index is 0.0491. The number of nitrogens with one attached hydrogen (secondary N) is 2.